The highest BCUT2D eigenvalue weighted by Crippen LogP contribution is 2.02. The second-order valence-corrected chi connectivity index (χ2v) is 2.49. The molecule has 0 rings (SSSR count). The largest absolute Gasteiger partial charge is 0.286 e. The summed E-state index contributed by atoms with van der Waals surface area (Å²) in [4.78, 5) is 9.64. The van der Waals surface area contributed by atoms with Gasteiger partial charge >= 0.3 is 0 Å². The smallest absolute Gasteiger partial charge is 0.225 e. The molecule has 0 fully saturated rings. The third-order valence-corrected chi connectivity index (χ3v) is 1.10. The highest BCUT2D eigenvalue weighted by Gasteiger charge is 1.88. The van der Waals surface area contributed by atoms with Crippen LogP contribution in [-0.2, 0) is 4.79 Å². The first-order valence-corrected chi connectivity index (χ1v) is 3.30. The van der Waals surface area contributed by atoms with Crippen molar-refractivity contribution in [1.82, 2.24) is 0 Å². The second-order valence-electron chi connectivity index (χ2n) is 2.49. The topological polar surface area (TPSA) is 17.1 Å². The zero-order valence-corrected chi connectivity index (χ0v) is 6.05. The van der Waals surface area contributed by atoms with E-state index in [1.807, 2.05) is 6.08 Å². The summed E-state index contributed by atoms with van der Waals surface area (Å²) in [6.45, 7) is 4.33. The van der Waals surface area contributed by atoms with Crippen molar-refractivity contribution >= 4 is 6.29 Å². The van der Waals surface area contributed by atoms with E-state index in [9.17, 15) is 4.79 Å². The molecule has 0 aromatic carbocycles. The van der Waals surface area contributed by atoms with E-state index >= 15 is 0 Å². The third kappa shape index (κ3) is 7.41. The maximum atomic E-state index is 9.64. The first kappa shape index (κ1) is 8.41. The Morgan fingerprint density at radius 3 is 2.67 bits per heavy atom. The molecule has 1 nitrogen and oxygen atoms in total. The molecule has 0 bridgehead atoms. The van der Waals surface area contributed by atoms with E-state index in [1.165, 1.54) is 6.08 Å². The van der Waals surface area contributed by atoms with Gasteiger partial charge in [0.05, 0.1) is 0 Å². The van der Waals surface area contributed by atoms with Crippen molar-refractivity contribution < 1.29 is 4.79 Å². The van der Waals surface area contributed by atoms with Crippen LogP contribution in [-0.4, -0.2) is 6.29 Å². The van der Waals surface area contributed by atoms with Crippen LogP contribution in [0, 0.1) is 5.92 Å². The van der Waals surface area contributed by atoms with Gasteiger partial charge in [-0.2, -0.15) is 0 Å². The molecule has 0 atom stereocenters. The van der Waals surface area contributed by atoms with Crippen LogP contribution in [0.3, 0.4) is 0 Å². The van der Waals surface area contributed by atoms with Gasteiger partial charge in [-0.15, -0.1) is 0 Å². The lowest BCUT2D eigenvalue weighted by Gasteiger charge is -1.97. The predicted molar refractivity (Wildman–Crippen MR) is 38.9 cm³/mol. The first-order valence-electron chi connectivity index (χ1n) is 3.30. The minimum atomic E-state index is 0.723. The van der Waals surface area contributed by atoms with Gasteiger partial charge < -0.3 is 0 Å². The van der Waals surface area contributed by atoms with Gasteiger partial charge in [0.15, 0.2) is 0 Å². The summed E-state index contributed by atoms with van der Waals surface area (Å²) in [5, 5.41) is 0. The third-order valence-electron chi connectivity index (χ3n) is 1.10. The van der Waals surface area contributed by atoms with Gasteiger partial charge in [0.25, 0.3) is 0 Å². The number of hydrogen-bond acceptors (Lipinski definition) is 1. The van der Waals surface area contributed by atoms with Crippen molar-refractivity contribution in [3.05, 3.63) is 12.2 Å². The Kier molecular flexibility index (Phi) is 5.18. The number of allylic oxidation sites excluding steroid dienone is 2. The van der Waals surface area contributed by atoms with Gasteiger partial charge in [0.2, 0.25) is 6.29 Å². The standard InChI is InChI=1S/C8H13O/c1-8(2)6-4-3-5-7-9/h3,5,8H,4,6H2,1-2H3. The molecular formula is C8H13O. The zero-order valence-electron chi connectivity index (χ0n) is 6.05. The maximum absolute atomic E-state index is 9.64. The van der Waals surface area contributed by atoms with Crippen molar-refractivity contribution in [2.24, 2.45) is 5.92 Å². The summed E-state index contributed by atoms with van der Waals surface area (Å²) in [7, 11) is 0. The average Bonchev–Trinajstić information content (AvgIpc) is 1.80. The minimum Gasteiger partial charge on any atom is -0.286 e. The van der Waals surface area contributed by atoms with Crippen LogP contribution in [0.15, 0.2) is 12.2 Å². The number of hydrogen-bond donors (Lipinski definition) is 0. The van der Waals surface area contributed by atoms with E-state index in [0.717, 1.165) is 18.8 Å². The van der Waals surface area contributed by atoms with Gasteiger partial charge in [-0.1, -0.05) is 19.9 Å². The summed E-state index contributed by atoms with van der Waals surface area (Å²) in [5.41, 5.74) is 0. The van der Waals surface area contributed by atoms with Crippen LogP contribution in [0.1, 0.15) is 26.7 Å². The summed E-state index contributed by atoms with van der Waals surface area (Å²) in [6, 6.07) is 0. The SMILES string of the molecule is CC(C)CCC=C[C]=O. The fourth-order valence-electron chi connectivity index (χ4n) is 0.561. The number of carbonyl (C=O) groups excluding carboxylic acids is 1. The number of rotatable bonds is 4. The Labute approximate surface area is 56.8 Å². The van der Waals surface area contributed by atoms with Crippen LogP contribution < -0.4 is 0 Å². The van der Waals surface area contributed by atoms with Gasteiger partial charge in [-0.3, -0.25) is 4.79 Å². The molecule has 1 radical (unpaired) electrons. The summed E-state index contributed by atoms with van der Waals surface area (Å²) in [6.07, 6.45) is 7.14. The fourth-order valence-corrected chi connectivity index (χ4v) is 0.561. The molecule has 0 unspecified atom stereocenters. The molecule has 9 heavy (non-hydrogen) atoms. The van der Waals surface area contributed by atoms with E-state index in [1.54, 1.807) is 6.29 Å². The molecule has 0 aliphatic rings. The van der Waals surface area contributed by atoms with E-state index in [-0.39, 0.29) is 0 Å². The molecule has 0 spiro atoms. The zero-order chi connectivity index (χ0) is 7.11. The Balaban J connectivity index is 3.08. The fraction of sp³-hybridized carbons (Fsp3) is 0.625. The van der Waals surface area contributed by atoms with Crippen LogP contribution in [0.5, 0.6) is 0 Å². The van der Waals surface area contributed by atoms with Crippen molar-refractivity contribution in [2.75, 3.05) is 0 Å². The van der Waals surface area contributed by atoms with Crippen LogP contribution >= 0.6 is 0 Å². The first-order chi connectivity index (χ1) is 4.27. The summed E-state index contributed by atoms with van der Waals surface area (Å²) < 4.78 is 0. The highest BCUT2D eigenvalue weighted by molar-refractivity contribution is 5.65. The van der Waals surface area contributed by atoms with E-state index in [4.69, 9.17) is 0 Å². The molecule has 51 valence electrons. The lowest BCUT2D eigenvalue weighted by atomic mass is 10.1. The normalized spacial score (nSPS) is 11.0. The molecule has 0 aliphatic heterocycles. The van der Waals surface area contributed by atoms with Gasteiger partial charge in [-0.05, 0) is 24.8 Å². The van der Waals surface area contributed by atoms with Crippen molar-refractivity contribution in [3.8, 4) is 0 Å². The van der Waals surface area contributed by atoms with Gasteiger partial charge in [0, 0.05) is 0 Å². The Morgan fingerprint density at radius 2 is 2.22 bits per heavy atom. The molecule has 0 amide bonds. The Hall–Kier alpha value is -0.590. The highest BCUT2D eigenvalue weighted by atomic mass is 16.1. The molecule has 0 aromatic rings. The Bertz CT molecular complexity index is 92.7. The molecule has 0 N–H and O–H groups in total. The molecule has 0 heterocycles. The lowest BCUT2D eigenvalue weighted by molar-refractivity contribution is 0.563. The van der Waals surface area contributed by atoms with Gasteiger partial charge in [-0.25, -0.2) is 0 Å². The van der Waals surface area contributed by atoms with Crippen molar-refractivity contribution in [2.45, 2.75) is 26.7 Å². The van der Waals surface area contributed by atoms with E-state index in [0.29, 0.717) is 0 Å². The molecule has 1 heteroatoms. The second kappa shape index (κ2) is 5.54. The maximum Gasteiger partial charge on any atom is 0.225 e. The van der Waals surface area contributed by atoms with Crippen LogP contribution in [0.2, 0.25) is 0 Å². The van der Waals surface area contributed by atoms with Crippen molar-refractivity contribution in [3.63, 3.8) is 0 Å². The van der Waals surface area contributed by atoms with Crippen LogP contribution in [0.25, 0.3) is 0 Å². The molecule has 0 aromatic heterocycles. The van der Waals surface area contributed by atoms with Crippen molar-refractivity contribution in [1.29, 1.82) is 0 Å². The van der Waals surface area contributed by atoms with E-state index in [2.05, 4.69) is 13.8 Å². The predicted octanol–water partition coefficient (Wildman–Crippen LogP) is 2.09. The lowest BCUT2D eigenvalue weighted by Crippen LogP contribution is -1.83. The minimum absolute atomic E-state index is 0.723. The van der Waals surface area contributed by atoms with Crippen LogP contribution in [0.4, 0.5) is 0 Å². The summed E-state index contributed by atoms with van der Waals surface area (Å²) >= 11 is 0. The average molecular weight is 125 g/mol. The summed E-state index contributed by atoms with van der Waals surface area (Å²) in [5.74, 6) is 0.723. The van der Waals surface area contributed by atoms with Gasteiger partial charge in [0.1, 0.15) is 0 Å². The quantitative estimate of drug-likeness (QED) is 0.526. The Morgan fingerprint density at radius 1 is 1.56 bits per heavy atom. The monoisotopic (exact) mass is 125 g/mol. The molecule has 0 saturated heterocycles. The molecular weight excluding hydrogens is 112 g/mol. The molecule has 0 aliphatic carbocycles. The molecule has 0 saturated carbocycles. The van der Waals surface area contributed by atoms with E-state index < -0.39 is 0 Å².